The molecule has 114 valence electrons. The fourth-order valence-corrected chi connectivity index (χ4v) is 3.13. The first-order valence-corrected chi connectivity index (χ1v) is 7.38. The fraction of sp³-hybridized carbons (Fsp3) is 0.167. The van der Waals surface area contributed by atoms with Gasteiger partial charge in [-0.15, -0.1) is 0 Å². The summed E-state index contributed by atoms with van der Waals surface area (Å²) in [6, 6.07) is 10.4. The molecule has 0 N–H and O–H groups in total. The number of carbonyl (C=O) groups excluding carboxylic acids is 1. The minimum absolute atomic E-state index is 0.126. The van der Waals surface area contributed by atoms with Crippen LogP contribution in [-0.4, -0.2) is 10.7 Å². The van der Waals surface area contributed by atoms with E-state index in [0.29, 0.717) is 34.8 Å². The van der Waals surface area contributed by atoms with Crippen LogP contribution in [0.15, 0.2) is 36.4 Å². The average molecular weight is 307 g/mol. The Bertz CT molecular complexity index is 856. The number of carbonyl (C=O) groups is 1. The summed E-state index contributed by atoms with van der Waals surface area (Å²) in [5.74, 6) is 1.09. The molecule has 1 aliphatic heterocycles. The number of fused-ring (bicyclic) bond motifs is 5. The molecule has 5 nitrogen and oxygen atoms in total. The van der Waals surface area contributed by atoms with Gasteiger partial charge in [-0.25, -0.2) is 0 Å². The van der Waals surface area contributed by atoms with Crippen molar-refractivity contribution in [2.45, 2.75) is 19.8 Å². The zero-order valence-corrected chi connectivity index (χ0v) is 12.6. The zero-order valence-electron chi connectivity index (χ0n) is 12.6. The van der Waals surface area contributed by atoms with Gasteiger partial charge in [-0.3, -0.25) is 14.9 Å². The number of nitro benzene ring substituents is 1. The summed E-state index contributed by atoms with van der Waals surface area (Å²) < 4.78 is 5.89. The second kappa shape index (κ2) is 4.65. The normalized spacial score (nSPS) is 16.2. The first kappa shape index (κ1) is 13.9. The van der Waals surface area contributed by atoms with Crippen molar-refractivity contribution in [2.75, 3.05) is 0 Å². The number of nitro groups is 1. The van der Waals surface area contributed by atoms with E-state index in [2.05, 4.69) is 13.8 Å². The number of Topliss-reactive ketones (excluding diaryl/α,β-unsaturated/α-hetero) is 1. The Morgan fingerprint density at radius 2 is 1.91 bits per heavy atom. The van der Waals surface area contributed by atoms with Gasteiger partial charge in [-0.1, -0.05) is 38.1 Å². The number of nitrogens with zero attached hydrogens (tertiary/aromatic N) is 1. The maximum atomic E-state index is 12.7. The Morgan fingerprint density at radius 3 is 2.61 bits per heavy atom. The van der Waals surface area contributed by atoms with Crippen LogP contribution in [0.4, 0.5) is 5.69 Å². The number of benzene rings is 2. The van der Waals surface area contributed by atoms with Crippen LogP contribution in [0.3, 0.4) is 0 Å². The largest absolute Gasteiger partial charge is 0.476 e. The predicted octanol–water partition coefficient (Wildman–Crippen LogP) is 3.81. The smallest absolute Gasteiger partial charge is 0.280 e. The molecule has 0 saturated heterocycles. The molecule has 0 fully saturated rings. The Balaban J connectivity index is 1.84. The van der Waals surface area contributed by atoms with Crippen LogP contribution < -0.4 is 4.74 Å². The minimum atomic E-state index is -0.526. The predicted molar refractivity (Wildman–Crippen MR) is 83.3 cm³/mol. The number of rotatable bonds is 2. The minimum Gasteiger partial charge on any atom is -0.476 e. The van der Waals surface area contributed by atoms with Crippen molar-refractivity contribution in [1.29, 1.82) is 0 Å². The van der Waals surface area contributed by atoms with Crippen molar-refractivity contribution in [1.82, 2.24) is 0 Å². The van der Waals surface area contributed by atoms with Gasteiger partial charge in [0.1, 0.15) is 17.2 Å². The van der Waals surface area contributed by atoms with Crippen molar-refractivity contribution in [3.63, 3.8) is 0 Å². The van der Waals surface area contributed by atoms with Crippen molar-refractivity contribution < 1.29 is 14.5 Å². The van der Waals surface area contributed by atoms with Crippen LogP contribution in [0, 0.1) is 22.1 Å². The molecule has 1 heterocycles. The van der Waals surface area contributed by atoms with Crippen molar-refractivity contribution in [3.05, 3.63) is 80.8 Å². The van der Waals surface area contributed by atoms with Crippen LogP contribution in [0.2, 0.25) is 0 Å². The van der Waals surface area contributed by atoms with Crippen molar-refractivity contribution in [3.8, 4) is 5.75 Å². The second-order valence-corrected chi connectivity index (χ2v) is 6.00. The number of hydrogen-bond donors (Lipinski definition) is 0. The molecular weight excluding hydrogens is 294 g/mol. The molecule has 0 amide bonds. The third kappa shape index (κ3) is 1.82. The maximum absolute atomic E-state index is 12.7. The molecule has 23 heavy (non-hydrogen) atoms. The van der Waals surface area contributed by atoms with E-state index in [1.165, 1.54) is 6.07 Å². The van der Waals surface area contributed by atoms with E-state index >= 15 is 0 Å². The first-order valence-electron chi connectivity index (χ1n) is 7.38. The summed E-state index contributed by atoms with van der Waals surface area (Å²) in [6.45, 7) is 4.17. The quantitative estimate of drug-likeness (QED) is 0.625. The van der Waals surface area contributed by atoms with E-state index in [4.69, 9.17) is 4.74 Å². The standard InChI is InChI=1S/C18H13NO4/c1-9(2)10-6-7-11-14(8-10)23-18-12-4-3-5-13(19(21)22)15(12)17(20)16(11)18/h3-9H,1-2H3. The van der Waals surface area contributed by atoms with E-state index in [0.717, 1.165) is 5.56 Å². The summed E-state index contributed by atoms with van der Waals surface area (Å²) in [7, 11) is 0. The highest BCUT2D eigenvalue weighted by Gasteiger charge is 2.52. The molecule has 1 aliphatic carbocycles. The molecule has 0 unspecified atom stereocenters. The van der Waals surface area contributed by atoms with Crippen molar-refractivity contribution in [2.24, 2.45) is 0 Å². The summed E-state index contributed by atoms with van der Waals surface area (Å²) >= 11 is 0. The van der Waals surface area contributed by atoms with Gasteiger partial charge in [0.25, 0.3) is 5.69 Å². The summed E-state index contributed by atoms with van der Waals surface area (Å²) in [6.07, 6.45) is 0.435. The van der Waals surface area contributed by atoms with Gasteiger partial charge in [0.15, 0.2) is 11.9 Å². The lowest BCUT2D eigenvalue weighted by molar-refractivity contribution is -0.385. The second-order valence-electron chi connectivity index (χ2n) is 6.00. The van der Waals surface area contributed by atoms with E-state index in [1.54, 1.807) is 12.1 Å². The molecule has 0 bridgehead atoms. The Labute approximate surface area is 133 Å². The van der Waals surface area contributed by atoms with E-state index in [1.807, 2.05) is 18.2 Å². The molecule has 0 atom stereocenters. The van der Waals surface area contributed by atoms with Gasteiger partial charge >= 0.3 is 0 Å². The molecule has 0 aromatic heterocycles. The van der Waals surface area contributed by atoms with E-state index in [-0.39, 0.29) is 17.0 Å². The summed E-state index contributed by atoms with van der Waals surface area (Å²) in [4.78, 5) is 23.4. The van der Waals surface area contributed by atoms with Crippen molar-refractivity contribution >= 4 is 11.5 Å². The SMILES string of the molecule is CC(C)c1ccc2c(c1)O[C]1[C]2C(=O)c2c1cccc2[N+](=O)[O-]. The van der Waals surface area contributed by atoms with Crippen LogP contribution >= 0.6 is 0 Å². The molecule has 5 heteroatoms. The highest BCUT2D eigenvalue weighted by atomic mass is 16.6. The molecular formula is C18H13NO4. The molecule has 0 saturated carbocycles. The van der Waals surface area contributed by atoms with Crippen LogP contribution in [-0.2, 0) is 0 Å². The maximum Gasteiger partial charge on any atom is 0.280 e. The van der Waals surface area contributed by atoms with Gasteiger partial charge in [0.05, 0.1) is 4.92 Å². The lowest BCUT2D eigenvalue weighted by atomic mass is 9.92. The third-order valence-electron chi connectivity index (χ3n) is 4.32. The number of hydrogen-bond acceptors (Lipinski definition) is 4. The van der Waals surface area contributed by atoms with Gasteiger partial charge in [0, 0.05) is 17.2 Å². The molecule has 2 aliphatic rings. The Morgan fingerprint density at radius 1 is 1.13 bits per heavy atom. The highest BCUT2D eigenvalue weighted by molar-refractivity contribution is 6.20. The van der Waals surface area contributed by atoms with Crippen LogP contribution in [0.5, 0.6) is 5.75 Å². The van der Waals surface area contributed by atoms with Crippen LogP contribution in [0.1, 0.15) is 46.8 Å². The Kier molecular flexibility index (Phi) is 2.82. The van der Waals surface area contributed by atoms with Gasteiger partial charge in [0.2, 0.25) is 0 Å². The molecule has 0 spiro atoms. The molecule has 2 radical (unpaired) electrons. The topological polar surface area (TPSA) is 69.4 Å². The van der Waals surface area contributed by atoms with Crippen LogP contribution in [0.25, 0.3) is 0 Å². The number of ether oxygens (including phenoxy) is 1. The van der Waals surface area contributed by atoms with Gasteiger partial charge in [-0.05, 0) is 17.5 Å². The zero-order chi connectivity index (χ0) is 16.3. The van der Waals surface area contributed by atoms with E-state index < -0.39 is 4.92 Å². The lowest BCUT2D eigenvalue weighted by Crippen LogP contribution is -2.10. The summed E-state index contributed by atoms with van der Waals surface area (Å²) in [5.41, 5.74) is 2.28. The monoisotopic (exact) mass is 307 g/mol. The average Bonchev–Trinajstić information content (AvgIpc) is 3.03. The highest BCUT2D eigenvalue weighted by Crippen LogP contribution is 2.53. The molecule has 4 rings (SSSR count). The number of ketones is 1. The fourth-order valence-electron chi connectivity index (χ4n) is 3.13. The molecule has 2 aromatic rings. The van der Waals surface area contributed by atoms with E-state index in [9.17, 15) is 14.9 Å². The first-order chi connectivity index (χ1) is 11.0. The Hall–Kier alpha value is -2.69. The molecule has 2 aromatic carbocycles. The van der Waals surface area contributed by atoms with Gasteiger partial charge in [-0.2, -0.15) is 0 Å². The third-order valence-corrected chi connectivity index (χ3v) is 4.32. The summed E-state index contributed by atoms with van der Waals surface area (Å²) in [5, 5.41) is 11.2. The van der Waals surface area contributed by atoms with Gasteiger partial charge < -0.3 is 4.74 Å². The lowest BCUT2D eigenvalue weighted by Gasteiger charge is -2.09.